The van der Waals surface area contributed by atoms with Crippen molar-refractivity contribution < 1.29 is 19.1 Å². The van der Waals surface area contributed by atoms with E-state index < -0.39 is 17.3 Å². The SMILES string of the molecule is CCOC(=O)C1=C(N)N(c2cc(Cl)ccc2C)C2=C(C(=O)CCC2)C12C(=O)N(C)c1ccccc12. The Bertz CT molecular complexity index is 1360. The maximum absolute atomic E-state index is 14.2. The molecular formula is C27H26ClN3O4. The molecule has 0 bridgehead atoms. The Hall–Kier alpha value is -3.58. The summed E-state index contributed by atoms with van der Waals surface area (Å²) >= 11 is 6.35. The fraction of sp³-hybridized carbons (Fsp3) is 0.296. The topological polar surface area (TPSA) is 92.9 Å². The van der Waals surface area contributed by atoms with Crippen molar-refractivity contribution in [3.63, 3.8) is 0 Å². The van der Waals surface area contributed by atoms with Crippen LogP contribution in [-0.2, 0) is 24.5 Å². The third kappa shape index (κ3) is 3.07. The Morgan fingerprint density at radius 1 is 1.14 bits per heavy atom. The number of likely N-dealkylation sites (N-methyl/N-ethyl adjacent to an activating group) is 1. The molecule has 8 heteroatoms. The molecular weight excluding hydrogens is 466 g/mol. The van der Waals surface area contributed by atoms with Crippen LogP contribution in [0.5, 0.6) is 0 Å². The van der Waals surface area contributed by atoms with Crippen LogP contribution in [0.4, 0.5) is 11.4 Å². The molecule has 0 saturated heterocycles. The summed E-state index contributed by atoms with van der Waals surface area (Å²) in [4.78, 5) is 44.7. The van der Waals surface area contributed by atoms with Crippen molar-refractivity contribution in [3.05, 3.63) is 81.3 Å². The van der Waals surface area contributed by atoms with Gasteiger partial charge in [-0.1, -0.05) is 35.9 Å². The number of esters is 1. The average molecular weight is 492 g/mol. The summed E-state index contributed by atoms with van der Waals surface area (Å²) in [6, 6.07) is 12.6. The van der Waals surface area contributed by atoms with Gasteiger partial charge in [0.05, 0.1) is 12.3 Å². The van der Waals surface area contributed by atoms with E-state index in [0.29, 0.717) is 46.1 Å². The molecule has 5 rings (SSSR count). The number of anilines is 2. The molecule has 180 valence electrons. The lowest BCUT2D eigenvalue weighted by molar-refractivity contribution is -0.140. The molecule has 1 amide bonds. The summed E-state index contributed by atoms with van der Waals surface area (Å²) in [7, 11) is 1.65. The van der Waals surface area contributed by atoms with E-state index in [1.807, 2.05) is 25.1 Å². The smallest absolute Gasteiger partial charge is 0.339 e. The Kier molecular flexibility index (Phi) is 5.48. The second-order valence-electron chi connectivity index (χ2n) is 8.98. The number of carbonyl (C=O) groups is 3. The molecule has 1 aliphatic carbocycles. The van der Waals surface area contributed by atoms with Gasteiger partial charge in [0.2, 0.25) is 5.91 Å². The summed E-state index contributed by atoms with van der Waals surface area (Å²) in [5.74, 6) is -1.22. The van der Waals surface area contributed by atoms with Crippen LogP contribution in [0.25, 0.3) is 0 Å². The molecule has 2 aliphatic heterocycles. The van der Waals surface area contributed by atoms with Crippen molar-refractivity contribution in [2.45, 2.75) is 38.5 Å². The van der Waals surface area contributed by atoms with Crippen molar-refractivity contribution in [2.24, 2.45) is 5.73 Å². The fourth-order valence-electron chi connectivity index (χ4n) is 5.65. The van der Waals surface area contributed by atoms with Gasteiger partial charge in [-0.05, 0) is 50.5 Å². The number of nitrogens with zero attached hydrogens (tertiary/aromatic N) is 2. The Morgan fingerprint density at radius 3 is 2.63 bits per heavy atom. The number of ketones is 1. The number of para-hydroxylation sites is 1. The molecule has 2 N–H and O–H groups in total. The number of benzene rings is 2. The van der Waals surface area contributed by atoms with Crippen LogP contribution in [-0.4, -0.2) is 31.3 Å². The minimum Gasteiger partial charge on any atom is -0.462 e. The summed E-state index contributed by atoms with van der Waals surface area (Å²) in [6.45, 7) is 3.69. The van der Waals surface area contributed by atoms with E-state index in [4.69, 9.17) is 22.1 Å². The van der Waals surface area contributed by atoms with Gasteiger partial charge >= 0.3 is 5.97 Å². The Labute approximate surface area is 208 Å². The van der Waals surface area contributed by atoms with E-state index in [1.165, 1.54) is 4.90 Å². The lowest BCUT2D eigenvalue weighted by atomic mass is 9.63. The Morgan fingerprint density at radius 2 is 1.89 bits per heavy atom. The quantitative estimate of drug-likeness (QED) is 0.649. The number of aryl methyl sites for hydroxylation is 1. The lowest BCUT2D eigenvalue weighted by Crippen LogP contribution is -2.54. The van der Waals surface area contributed by atoms with Gasteiger partial charge in [0.25, 0.3) is 0 Å². The van der Waals surface area contributed by atoms with E-state index in [-0.39, 0.29) is 30.2 Å². The van der Waals surface area contributed by atoms with Gasteiger partial charge in [-0.15, -0.1) is 0 Å². The maximum Gasteiger partial charge on any atom is 0.339 e. The molecule has 2 aromatic rings. The summed E-state index contributed by atoms with van der Waals surface area (Å²) in [5, 5.41) is 0.489. The highest BCUT2D eigenvalue weighted by Gasteiger charge is 2.63. The van der Waals surface area contributed by atoms with Gasteiger partial charge in [0.15, 0.2) is 5.78 Å². The number of fused-ring (bicyclic) bond motifs is 3. The zero-order valence-corrected chi connectivity index (χ0v) is 20.6. The van der Waals surface area contributed by atoms with Crippen LogP contribution < -0.4 is 15.5 Å². The number of hydrogen-bond donors (Lipinski definition) is 1. The van der Waals surface area contributed by atoms with Crippen molar-refractivity contribution in [2.75, 3.05) is 23.5 Å². The molecule has 3 aliphatic rings. The molecule has 0 aromatic heterocycles. The third-order valence-corrected chi connectivity index (χ3v) is 7.32. The van der Waals surface area contributed by atoms with Crippen molar-refractivity contribution in [1.29, 1.82) is 0 Å². The van der Waals surface area contributed by atoms with Crippen molar-refractivity contribution in [3.8, 4) is 0 Å². The van der Waals surface area contributed by atoms with Gasteiger partial charge in [-0.25, -0.2) is 4.79 Å². The monoisotopic (exact) mass is 491 g/mol. The van der Waals surface area contributed by atoms with Gasteiger partial charge in [0, 0.05) is 41.0 Å². The van der Waals surface area contributed by atoms with Gasteiger partial charge in [-0.2, -0.15) is 0 Å². The van der Waals surface area contributed by atoms with E-state index in [2.05, 4.69) is 0 Å². The molecule has 1 unspecified atom stereocenters. The molecule has 1 spiro atoms. The van der Waals surface area contributed by atoms with E-state index in [0.717, 1.165) is 5.56 Å². The average Bonchev–Trinajstić information content (AvgIpc) is 3.04. The molecule has 7 nitrogen and oxygen atoms in total. The minimum absolute atomic E-state index is 0.0328. The van der Waals surface area contributed by atoms with E-state index >= 15 is 0 Å². The highest BCUT2D eigenvalue weighted by atomic mass is 35.5. The predicted octanol–water partition coefficient (Wildman–Crippen LogP) is 4.12. The minimum atomic E-state index is -1.67. The number of halogens is 1. The molecule has 0 saturated carbocycles. The first kappa shape index (κ1) is 23.2. The highest BCUT2D eigenvalue weighted by molar-refractivity contribution is 6.31. The van der Waals surface area contributed by atoms with E-state index in [1.54, 1.807) is 43.1 Å². The number of rotatable bonds is 3. The molecule has 2 aromatic carbocycles. The molecule has 0 radical (unpaired) electrons. The zero-order chi connectivity index (χ0) is 25.1. The lowest BCUT2D eigenvalue weighted by Gasteiger charge is -2.45. The molecule has 2 heterocycles. The summed E-state index contributed by atoms with van der Waals surface area (Å²) < 4.78 is 5.46. The standard InChI is InChI=1S/C27H26ClN3O4/c1-4-35-25(33)23-24(29)31(20-14-16(28)13-12-15(20)2)19-10-7-11-21(32)22(19)27(23)17-8-5-6-9-18(17)30(3)26(27)34/h5-6,8-9,12-14H,4,7,10-11,29H2,1-3H3. The number of hydrogen-bond acceptors (Lipinski definition) is 6. The first-order valence-electron chi connectivity index (χ1n) is 11.6. The number of ether oxygens (including phenoxy) is 1. The van der Waals surface area contributed by atoms with Gasteiger partial charge < -0.3 is 15.4 Å². The number of allylic oxidation sites excluding steroid dienone is 1. The fourth-order valence-corrected chi connectivity index (χ4v) is 5.82. The third-order valence-electron chi connectivity index (χ3n) is 7.09. The van der Waals surface area contributed by atoms with Crippen LogP contribution in [0.1, 0.15) is 37.3 Å². The predicted molar refractivity (Wildman–Crippen MR) is 134 cm³/mol. The van der Waals surface area contributed by atoms with Crippen LogP contribution >= 0.6 is 11.6 Å². The van der Waals surface area contributed by atoms with E-state index in [9.17, 15) is 14.4 Å². The van der Waals surface area contributed by atoms with Crippen LogP contribution in [0.2, 0.25) is 5.02 Å². The van der Waals surface area contributed by atoms with Crippen LogP contribution in [0.3, 0.4) is 0 Å². The normalized spacial score (nSPS) is 21.6. The van der Waals surface area contributed by atoms with Gasteiger partial charge in [-0.3, -0.25) is 14.5 Å². The Balaban J connectivity index is 1.94. The van der Waals surface area contributed by atoms with Crippen molar-refractivity contribution in [1.82, 2.24) is 0 Å². The second-order valence-corrected chi connectivity index (χ2v) is 9.41. The first-order valence-corrected chi connectivity index (χ1v) is 12.0. The number of amides is 1. The second kappa shape index (κ2) is 8.27. The van der Waals surface area contributed by atoms with Gasteiger partial charge in [0.1, 0.15) is 16.8 Å². The molecule has 1 atom stereocenters. The summed E-state index contributed by atoms with van der Waals surface area (Å²) in [5.41, 5.74) is 8.74. The zero-order valence-electron chi connectivity index (χ0n) is 19.9. The van der Waals surface area contributed by atoms with Crippen LogP contribution in [0, 0.1) is 6.92 Å². The van der Waals surface area contributed by atoms with Crippen molar-refractivity contribution >= 4 is 40.6 Å². The maximum atomic E-state index is 14.2. The number of carbonyl (C=O) groups excluding carboxylic acids is 3. The first-order chi connectivity index (χ1) is 16.7. The van der Waals surface area contributed by atoms with Crippen LogP contribution in [0.15, 0.2) is 65.1 Å². The number of nitrogens with two attached hydrogens (primary N) is 1. The highest BCUT2D eigenvalue weighted by Crippen LogP contribution is 2.57. The molecule has 0 fully saturated rings. The number of Topliss-reactive ketones (excluding diaryl/α,β-unsaturated/α-hetero) is 1. The molecule has 35 heavy (non-hydrogen) atoms. The largest absolute Gasteiger partial charge is 0.462 e. The summed E-state index contributed by atoms with van der Waals surface area (Å²) in [6.07, 6.45) is 1.40.